The number of carbonyl (C=O) groups excluding carboxylic acids is 1. The molecule has 0 saturated heterocycles. The van der Waals surface area contributed by atoms with E-state index in [4.69, 9.17) is 27.9 Å². The zero-order chi connectivity index (χ0) is 25.5. The van der Waals surface area contributed by atoms with Gasteiger partial charge in [-0.15, -0.1) is 0 Å². The minimum absolute atomic E-state index is 0.280. The van der Waals surface area contributed by atoms with Crippen LogP contribution >= 0.6 is 23.2 Å². The van der Waals surface area contributed by atoms with Crippen molar-refractivity contribution in [1.29, 1.82) is 0 Å². The molecule has 2 heterocycles. The summed E-state index contributed by atoms with van der Waals surface area (Å²) >= 11 is 13.1. The van der Waals surface area contributed by atoms with Crippen LogP contribution < -0.4 is 15.4 Å². The first-order chi connectivity index (χ1) is 17.4. The van der Waals surface area contributed by atoms with Crippen molar-refractivity contribution in [2.75, 3.05) is 31.3 Å². The SMILES string of the molecule is CN(C)C/C=C/C(=O)Nc1ccc2ncnc(Nc3ccc(OCc4ccccn4)c(Cl)c3)c2c1Cl. The number of pyridine rings is 1. The van der Waals surface area contributed by atoms with E-state index in [2.05, 4.69) is 25.6 Å². The molecule has 0 radical (unpaired) electrons. The van der Waals surface area contributed by atoms with Gasteiger partial charge in [-0.1, -0.05) is 35.3 Å². The Kier molecular flexibility index (Phi) is 8.32. The lowest BCUT2D eigenvalue weighted by molar-refractivity contribution is -0.111. The Morgan fingerprint density at radius 1 is 1.08 bits per heavy atom. The molecular weight excluding hydrogens is 499 g/mol. The number of rotatable bonds is 9. The zero-order valence-corrected chi connectivity index (χ0v) is 21.2. The largest absolute Gasteiger partial charge is 0.486 e. The van der Waals surface area contributed by atoms with Crippen molar-refractivity contribution >= 4 is 57.2 Å². The molecule has 4 rings (SSSR count). The van der Waals surface area contributed by atoms with Crippen molar-refractivity contribution in [3.63, 3.8) is 0 Å². The Morgan fingerprint density at radius 3 is 2.69 bits per heavy atom. The van der Waals surface area contributed by atoms with E-state index in [1.54, 1.807) is 36.5 Å². The van der Waals surface area contributed by atoms with Gasteiger partial charge in [-0.2, -0.15) is 0 Å². The number of nitrogens with zero attached hydrogens (tertiary/aromatic N) is 4. The molecular formula is C26H24Cl2N6O2. The molecule has 1 amide bonds. The first-order valence-corrected chi connectivity index (χ1v) is 11.8. The summed E-state index contributed by atoms with van der Waals surface area (Å²) in [6, 6.07) is 14.4. The summed E-state index contributed by atoms with van der Waals surface area (Å²) in [6.07, 6.45) is 6.40. The number of anilines is 3. The van der Waals surface area contributed by atoms with Crippen LogP contribution in [-0.2, 0) is 11.4 Å². The quantitative estimate of drug-likeness (QED) is 0.272. The lowest BCUT2D eigenvalue weighted by Gasteiger charge is -2.14. The minimum atomic E-state index is -0.280. The molecule has 0 saturated carbocycles. The number of carbonyl (C=O) groups is 1. The van der Waals surface area contributed by atoms with Gasteiger partial charge in [0.05, 0.1) is 32.3 Å². The Hall–Kier alpha value is -3.72. The lowest BCUT2D eigenvalue weighted by atomic mass is 10.2. The highest BCUT2D eigenvalue weighted by molar-refractivity contribution is 6.39. The molecule has 2 aromatic heterocycles. The van der Waals surface area contributed by atoms with Gasteiger partial charge >= 0.3 is 0 Å². The van der Waals surface area contributed by atoms with E-state index in [1.807, 2.05) is 43.3 Å². The average molecular weight is 523 g/mol. The van der Waals surface area contributed by atoms with Gasteiger partial charge in [0.2, 0.25) is 5.91 Å². The standard InChI is InChI=1S/C26H24Cl2N6O2/c1-34(2)13-5-7-23(35)33-21-10-9-20-24(25(21)28)26(31-16-30-20)32-17-8-11-22(19(27)14-17)36-15-18-6-3-4-12-29-18/h3-12,14,16H,13,15H2,1-2H3,(H,33,35)(H,30,31,32)/b7-5+. The van der Waals surface area contributed by atoms with Crippen molar-refractivity contribution < 1.29 is 9.53 Å². The molecule has 8 nitrogen and oxygen atoms in total. The number of fused-ring (bicyclic) bond motifs is 1. The summed E-state index contributed by atoms with van der Waals surface area (Å²) in [5.41, 5.74) is 2.56. The number of likely N-dealkylation sites (N-methyl/N-ethyl adjacent to an activating group) is 1. The molecule has 2 aromatic carbocycles. The number of aromatic nitrogens is 3. The number of ether oxygens (including phenoxy) is 1. The van der Waals surface area contributed by atoms with Crippen LogP contribution in [0.3, 0.4) is 0 Å². The average Bonchev–Trinajstić information content (AvgIpc) is 2.86. The van der Waals surface area contributed by atoms with Gasteiger partial charge in [0.15, 0.2) is 0 Å². The lowest BCUT2D eigenvalue weighted by Crippen LogP contribution is -2.13. The van der Waals surface area contributed by atoms with Crippen LogP contribution in [0.2, 0.25) is 10.0 Å². The molecule has 0 fully saturated rings. The Labute approximate surface area is 218 Å². The van der Waals surface area contributed by atoms with Crippen molar-refractivity contribution in [1.82, 2.24) is 19.9 Å². The van der Waals surface area contributed by atoms with E-state index in [9.17, 15) is 4.79 Å². The predicted octanol–water partition coefficient (Wildman–Crippen LogP) is 5.71. The number of benzene rings is 2. The van der Waals surface area contributed by atoms with E-state index in [-0.39, 0.29) is 5.91 Å². The molecule has 184 valence electrons. The summed E-state index contributed by atoms with van der Waals surface area (Å²) in [5, 5.41) is 7.37. The van der Waals surface area contributed by atoms with Crippen LogP contribution in [0.1, 0.15) is 5.69 Å². The zero-order valence-electron chi connectivity index (χ0n) is 19.7. The van der Waals surface area contributed by atoms with Crippen LogP contribution in [0, 0.1) is 0 Å². The fourth-order valence-corrected chi connectivity index (χ4v) is 3.85. The van der Waals surface area contributed by atoms with Gasteiger partial charge in [0.25, 0.3) is 0 Å². The molecule has 0 bridgehead atoms. The summed E-state index contributed by atoms with van der Waals surface area (Å²) in [7, 11) is 3.85. The first kappa shape index (κ1) is 25.4. The topological polar surface area (TPSA) is 92.3 Å². The van der Waals surface area contributed by atoms with E-state index in [0.29, 0.717) is 57.0 Å². The van der Waals surface area contributed by atoms with Crippen LogP contribution in [0.15, 0.2) is 73.2 Å². The monoisotopic (exact) mass is 522 g/mol. The molecule has 0 aliphatic heterocycles. The molecule has 0 spiro atoms. The number of nitrogens with one attached hydrogen (secondary N) is 2. The highest BCUT2D eigenvalue weighted by atomic mass is 35.5. The second-order valence-corrected chi connectivity index (χ2v) is 8.86. The molecule has 36 heavy (non-hydrogen) atoms. The van der Waals surface area contributed by atoms with Crippen LogP contribution in [0.4, 0.5) is 17.2 Å². The van der Waals surface area contributed by atoms with Gasteiger partial charge in [-0.25, -0.2) is 9.97 Å². The van der Waals surface area contributed by atoms with Crippen molar-refractivity contribution in [3.8, 4) is 5.75 Å². The van der Waals surface area contributed by atoms with E-state index >= 15 is 0 Å². The van der Waals surface area contributed by atoms with Gasteiger partial charge in [-0.05, 0) is 56.6 Å². The number of hydrogen-bond donors (Lipinski definition) is 2. The molecule has 2 N–H and O–H groups in total. The molecule has 10 heteroatoms. The molecule has 4 aromatic rings. The van der Waals surface area contributed by atoms with Crippen molar-refractivity contribution in [2.24, 2.45) is 0 Å². The molecule has 0 atom stereocenters. The molecule has 0 unspecified atom stereocenters. The number of amides is 1. The molecule has 0 aliphatic rings. The highest BCUT2D eigenvalue weighted by Crippen LogP contribution is 2.36. The van der Waals surface area contributed by atoms with Crippen molar-refractivity contribution in [2.45, 2.75) is 6.61 Å². The summed E-state index contributed by atoms with van der Waals surface area (Å²) in [5.74, 6) is 0.728. The van der Waals surface area contributed by atoms with Gasteiger partial charge < -0.3 is 20.3 Å². The normalized spacial score (nSPS) is 11.2. The maximum atomic E-state index is 12.3. The Bertz CT molecular complexity index is 1400. The van der Waals surface area contributed by atoms with Crippen LogP contribution in [-0.4, -0.2) is 46.4 Å². The Morgan fingerprint density at radius 2 is 1.94 bits per heavy atom. The smallest absolute Gasteiger partial charge is 0.248 e. The highest BCUT2D eigenvalue weighted by Gasteiger charge is 2.14. The second kappa shape index (κ2) is 11.8. The maximum Gasteiger partial charge on any atom is 0.248 e. The first-order valence-electron chi connectivity index (χ1n) is 11.1. The van der Waals surface area contributed by atoms with Crippen LogP contribution in [0.25, 0.3) is 10.9 Å². The third-order valence-corrected chi connectivity index (χ3v) is 5.72. The Balaban J connectivity index is 1.53. The van der Waals surface area contributed by atoms with Gasteiger partial charge in [0.1, 0.15) is 24.5 Å². The third kappa shape index (κ3) is 6.48. The van der Waals surface area contributed by atoms with Crippen molar-refractivity contribution in [3.05, 3.63) is 88.9 Å². The third-order valence-electron chi connectivity index (χ3n) is 5.03. The minimum Gasteiger partial charge on any atom is -0.486 e. The van der Waals surface area contributed by atoms with Gasteiger partial charge in [0, 0.05) is 24.5 Å². The summed E-state index contributed by atoms with van der Waals surface area (Å²) < 4.78 is 5.79. The molecule has 0 aliphatic carbocycles. The van der Waals surface area contributed by atoms with Crippen LogP contribution in [0.5, 0.6) is 5.75 Å². The van der Waals surface area contributed by atoms with E-state index in [1.165, 1.54) is 12.4 Å². The summed E-state index contributed by atoms with van der Waals surface area (Å²) in [6.45, 7) is 0.953. The summed E-state index contributed by atoms with van der Waals surface area (Å²) in [4.78, 5) is 27.2. The fourth-order valence-electron chi connectivity index (χ4n) is 3.32. The van der Waals surface area contributed by atoms with E-state index < -0.39 is 0 Å². The van der Waals surface area contributed by atoms with Gasteiger partial charge in [-0.3, -0.25) is 9.78 Å². The number of halogens is 2. The second-order valence-electron chi connectivity index (χ2n) is 8.08. The van der Waals surface area contributed by atoms with E-state index in [0.717, 1.165) is 5.69 Å². The number of hydrogen-bond acceptors (Lipinski definition) is 7. The maximum absolute atomic E-state index is 12.3. The fraction of sp³-hybridized carbons (Fsp3) is 0.154. The predicted molar refractivity (Wildman–Crippen MR) is 144 cm³/mol.